The van der Waals surface area contributed by atoms with E-state index in [0.29, 0.717) is 5.92 Å². The van der Waals surface area contributed by atoms with Gasteiger partial charge in [0.2, 0.25) is 0 Å². The summed E-state index contributed by atoms with van der Waals surface area (Å²) < 4.78 is 0. The summed E-state index contributed by atoms with van der Waals surface area (Å²) in [5.74, 6) is 0.530. The highest BCUT2D eigenvalue weighted by Crippen LogP contribution is 2.41. The molecule has 0 amide bonds. The van der Waals surface area contributed by atoms with Crippen LogP contribution in [0.1, 0.15) is 47.0 Å². The molecule has 0 saturated heterocycles. The predicted octanol–water partition coefficient (Wildman–Crippen LogP) is 1.94. The lowest BCUT2D eigenvalue weighted by Gasteiger charge is -2.42. The molecule has 13 heavy (non-hydrogen) atoms. The first-order valence-electron chi connectivity index (χ1n) is 5.14. The van der Waals surface area contributed by atoms with Crippen molar-refractivity contribution in [3.05, 3.63) is 0 Å². The molecule has 78 valence electrons. The molecule has 1 fully saturated rings. The van der Waals surface area contributed by atoms with Crippen molar-refractivity contribution in [2.24, 2.45) is 11.3 Å². The van der Waals surface area contributed by atoms with E-state index < -0.39 is 11.7 Å². The summed E-state index contributed by atoms with van der Waals surface area (Å²) in [5.41, 5.74) is -0.612. The fourth-order valence-corrected chi connectivity index (χ4v) is 2.06. The van der Waals surface area contributed by atoms with Crippen molar-refractivity contribution in [2.45, 2.75) is 58.7 Å². The summed E-state index contributed by atoms with van der Waals surface area (Å²) in [6.45, 7) is 8.33. The third-order valence-corrected chi connectivity index (χ3v) is 3.45. The molecule has 1 rings (SSSR count). The van der Waals surface area contributed by atoms with Crippen LogP contribution in [0.4, 0.5) is 0 Å². The topological polar surface area (TPSA) is 40.5 Å². The average Bonchev–Trinajstić information content (AvgIpc) is 1.92. The molecular formula is C11H22O2. The van der Waals surface area contributed by atoms with Crippen molar-refractivity contribution in [1.29, 1.82) is 0 Å². The van der Waals surface area contributed by atoms with Crippen LogP contribution >= 0.6 is 0 Å². The molecule has 0 unspecified atom stereocenters. The van der Waals surface area contributed by atoms with Crippen molar-refractivity contribution >= 4 is 0 Å². The van der Waals surface area contributed by atoms with Gasteiger partial charge in [0, 0.05) is 0 Å². The van der Waals surface area contributed by atoms with Crippen LogP contribution in [0, 0.1) is 11.3 Å². The molecule has 2 N–H and O–H groups in total. The zero-order valence-electron chi connectivity index (χ0n) is 9.17. The third kappa shape index (κ3) is 2.44. The Morgan fingerprint density at radius 2 is 1.85 bits per heavy atom. The van der Waals surface area contributed by atoms with Crippen molar-refractivity contribution in [3.63, 3.8) is 0 Å². The van der Waals surface area contributed by atoms with E-state index in [0.717, 1.165) is 19.3 Å². The van der Waals surface area contributed by atoms with Crippen molar-refractivity contribution in [2.75, 3.05) is 0 Å². The Morgan fingerprint density at radius 1 is 1.31 bits per heavy atom. The fourth-order valence-electron chi connectivity index (χ4n) is 2.06. The Balaban J connectivity index is 2.61. The lowest BCUT2D eigenvalue weighted by atomic mass is 9.67. The van der Waals surface area contributed by atoms with E-state index in [1.807, 2.05) is 0 Å². The van der Waals surface area contributed by atoms with Crippen LogP contribution in [0.25, 0.3) is 0 Å². The van der Waals surface area contributed by atoms with Gasteiger partial charge in [-0.25, -0.2) is 0 Å². The van der Waals surface area contributed by atoms with Crippen LogP contribution in [-0.2, 0) is 0 Å². The molecule has 0 spiro atoms. The van der Waals surface area contributed by atoms with Gasteiger partial charge in [0.15, 0.2) is 0 Å². The number of aliphatic hydroxyl groups excluding tert-OH is 1. The Labute approximate surface area is 81.0 Å². The monoisotopic (exact) mass is 186 g/mol. The van der Waals surface area contributed by atoms with Crippen LogP contribution in [-0.4, -0.2) is 21.9 Å². The van der Waals surface area contributed by atoms with Gasteiger partial charge in [-0.1, -0.05) is 20.8 Å². The molecule has 1 aliphatic carbocycles. The van der Waals surface area contributed by atoms with Crippen LogP contribution in [0.15, 0.2) is 0 Å². The Hall–Kier alpha value is -0.0800. The van der Waals surface area contributed by atoms with E-state index in [4.69, 9.17) is 0 Å². The molecule has 0 bridgehead atoms. The molecule has 0 radical (unpaired) electrons. The summed E-state index contributed by atoms with van der Waals surface area (Å²) in [6.07, 6.45) is 1.92. The van der Waals surface area contributed by atoms with Gasteiger partial charge in [-0.15, -0.1) is 0 Å². The minimum absolute atomic E-state index is 0.248. The van der Waals surface area contributed by atoms with Gasteiger partial charge in [-0.2, -0.15) is 0 Å². The zero-order valence-corrected chi connectivity index (χ0v) is 9.17. The highest BCUT2D eigenvalue weighted by molar-refractivity contribution is 4.92. The van der Waals surface area contributed by atoms with Crippen LogP contribution < -0.4 is 0 Å². The van der Waals surface area contributed by atoms with Gasteiger partial charge in [-0.3, -0.25) is 0 Å². The normalized spacial score (nSPS) is 42.0. The highest BCUT2D eigenvalue weighted by atomic mass is 16.3. The molecule has 3 atom stereocenters. The minimum atomic E-state index is -0.859. The zero-order chi connectivity index (χ0) is 10.3. The van der Waals surface area contributed by atoms with E-state index in [1.165, 1.54) is 0 Å². The molecule has 0 aromatic carbocycles. The SMILES string of the molecule is CC(C)(C)[C@H]1CC[C@](C)(O)[C@H](O)C1. The molecule has 2 heteroatoms. The number of hydrogen-bond acceptors (Lipinski definition) is 2. The van der Waals surface area contributed by atoms with Gasteiger partial charge in [0.1, 0.15) is 0 Å². The van der Waals surface area contributed by atoms with Crippen molar-refractivity contribution < 1.29 is 10.2 Å². The van der Waals surface area contributed by atoms with Crippen LogP contribution in [0.2, 0.25) is 0 Å². The summed E-state index contributed by atoms with van der Waals surface area (Å²) in [7, 11) is 0. The maximum absolute atomic E-state index is 9.78. The first kappa shape index (κ1) is 11.0. The Morgan fingerprint density at radius 3 is 2.23 bits per heavy atom. The van der Waals surface area contributed by atoms with E-state index >= 15 is 0 Å². The number of rotatable bonds is 0. The van der Waals surface area contributed by atoms with Gasteiger partial charge in [0.05, 0.1) is 11.7 Å². The molecule has 0 aliphatic heterocycles. The average molecular weight is 186 g/mol. The van der Waals surface area contributed by atoms with E-state index in [2.05, 4.69) is 20.8 Å². The number of aliphatic hydroxyl groups is 2. The Bertz CT molecular complexity index is 179. The maximum atomic E-state index is 9.78. The second-order valence-electron chi connectivity index (χ2n) is 5.71. The predicted molar refractivity (Wildman–Crippen MR) is 53.4 cm³/mol. The first-order chi connectivity index (χ1) is 5.73. The van der Waals surface area contributed by atoms with Gasteiger partial charge in [-0.05, 0) is 37.5 Å². The van der Waals surface area contributed by atoms with Crippen molar-refractivity contribution in [1.82, 2.24) is 0 Å². The molecule has 1 saturated carbocycles. The van der Waals surface area contributed by atoms with E-state index in [9.17, 15) is 10.2 Å². The summed E-state index contributed by atoms with van der Waals surface area (Å²) in [4.78, 5) is 0. The third-order valence-electron chi connectivity index (χ3n) is 3.45. The molecule has 2 nitrogen and oxygen atoms in total. The molecule has 0 aromatic heterocycles. The quantitative estimate of drug-likeness (QED) is 0.607. The lowest BCUT2D eigenvalue weighted by Crippen LogP contribution is -2.46. The van der Waals surface area contributed by atoms with Crippen molar-refractivity contribution in [3.8, 4) is 0 Å². The largest absolute Gasteiger partial charge is 0.390 e. The maximum Gasteiger partial charge on any atom is 0.0877 e. The van der Waals surface area contributed by atoms with E-state index in [1.54, 1.807) is 6.92 Å². The van der Waals surface area contributed by atoms with Gasteiger partial charge < -0.3 is 10.2 Å². The Kier molecular flexibility index (Phi) is 2.75. The lowest BCUT2D eigenvalue weighted by molar-refractivity contribution is -0.110. The summed E-state index contributed by atoms with van der Waals surface area (Å²) in [5, 5.41) is 19.5. The molecule has 1 aliphatic rings. The second kappa shape index (κ2) is 3.25. The van der Waals surface area contributed by atoms with Gasteiger partial charge in [0.25, 0.3) is 0 Å². The highest BCUT2D eigenvalue weighted by Gasteiger charge is 2.40. The standard InChI is InChI=1S/C11H22O2/c1-10(2,3)8-5-6-11(4,13)9(12)7-8/h8-9,12-13H,5-7H2,1-4H3/t8-,9+,11-/m0/s1. The van der Waals surface area contributed by atoms with Crippen LogP contribution in [0.5, 0.6) is 0 Å². The van der Waals surface area contributed by atoms with E-state index in [-0.39, 0.29) is 5.41 Å². The molecule has 0 heterocycles. The van der Waals surface area contributed by atoms with Crippen LogP contribution in [0.3, 0.4) is 0 Å². The molecular weight excluding hydrogens is 164 g/mol. The number of hydrogen-bond donors (Lipinski definition) is 2. The minimum Gasteiger partial charge on any atom is -0.390 e. The fraction of sp³-hybridized carbons (Fsp3) is 1.00. The second-order valence-corrected chi connectivity index (χ2v) is 5.71. The summed E-state index contributed by atoms with van der Waals surface area (Å²) in [6, 6.07) is 0. The van der Waals surface area contributed by atoms with Gasteiger partial charge >= 0.3 is 0 Å². The smallest absolute Gasteiger partial charge is 0.0877 e. The first-order valence-corrected chi connectivity index (χ1v) is 5.14. The molecule has 0 aromatic rings. The summed E-state index contributed by atoms with van der Waals surface area (Å²) >= 11 is 0.